The van der Waals surface area contributed by atoms with Crippen molar-refractivity contribution >= 4 is 11.7 Å². The Morgan fingerprint density at radius 1 is 1.35 bits per heavy atom. The van der Waals surface area contributed by atoms with Crippen molar-refractivity contribution in [2.75, 3.05) is 11.9 Å². The monoisotopic (exact) mass is 317 g/mol. The van der Waals surface area contributed by atoms with Gasteiger partial charge in [-0.25, -0.2) is 9.18 Å². The van der Waals surface area contributed by atoms with E-state index in [2.05, 4.69) is 33.9 Å². The second kappa shape index (κ2) is 5.98. The number of hydrogen-bond donors (Lipinski definition) is 1. The molecule has 6 nitrogen and oxygen atoms in total. The second-order valence-electron chi connectivity index (χ2n) is 6.03. The standard InChI is InChI=1S/C16H20FN5O/c1-10(2)14-19-20-15-11(3)21(7-8-22(14)15)16(23)18-13-6-4-5-12(17)9-13/h4-6,9-11H,7-8H2,1-3H3,(H,18,23)/t11-/m0/s1. The fourth-order valence-electron chi connectivity index (χ4n) is 2.87. The molecule has 0 radical (unpaired) electrons. The predicted octanol–water partition coefficient (Wildman–Crippen LogP) is 3.15. The van der Waals surface area contributed by atoms with Crippen LogP contribution in [0.5, 0.6) is 0 Å². The Bertz CT molecular complexity index is 727. The number of hydrogen-bond acceptors (Lipinski definition) is 3. The van der Waals surface area contributed by atoms with E-state index in [1.54, 1.807) is 17.0 Å². The summed E-state index contributed by atoms with van der Waals surface area (Å²) in [6.45, 7) is 7.30. The van der Waals surface area contributed by atoms with Gasteiger partial charge in [0.2, 0.25) is 0 Å². The van der Waals surface area contributed by atoms with Crippen molar-refractivity contribution in [1.29, 1.82) is 0 Å². The summed E-state index contributed by atoms with van der Waals surface area (Å²) in [4.78, 5) is 14.2. The van der Waals surface area contributed by atoms with Crippen molar-refractivity contribution in [2.45, 2.75) is 39.3 Å². The lowest BCUT2D eigenvalue weighted by molar-refractivity contribution is 0.172. The van der Waals surface area contributed by atoms with E-state index < -0.39 is 0 Å². The first-order valence-corrected chi connectivity index (χ1v) is 7.73. The molecule has 0 fully saturated rings. The number of anilines is 1. The number of benzene rings is 1. The number of fused-ring (bicyclic) bond motifs is 1. The van der Waals surface area contributed by atoms with E-state index in [0.29, 0.717) is 18.8 Å². The van der Waals surface area contributed by atoms with Crippen LogP contribution in [-0.2, 0) is 6.54 Å². The van der Waals surface area contributed by atoms with Gasteiger partial charge < -0.3 is 14.8 Å². The summed E-state index contributed by atoms with van der Waals surface area (Å²) in [5.41, 5.74) is 0.442. The molecule has 0 saturated heterocycles. The smallest absolute Gasteiger partial charge is 0.313 e. The van der Waals surface area contributed by atoms with Gasteiger partial charge in [-0.1, -0.05) is 19.9 Å². The number of urea groups is 1. The molecule has 1 aromatic carbocycles. The zero-order chi connectivity index (χ0) is 16.6. The van der Waals surface area contributed by atoms with Crippen LogP contribution >= 0.6 is 0 Å². The van der Waals surface area contributed by atoms with Crippen molar-refractivity contribution in [3.8, 4) is 0 Å². The van der Waals surface area contributed by atoms with Crippen LogP contribution in [0.1, 0.15) is 44.4 Å². The van der Waals surface area contributed by atoms with E-state index in [-0.39, 0.29) is 23.8 Å². The molecule has 1 aliphatic rings. The van der Waals surface area contributed by atoms with Gasteiger partial charge in [0.1, 0.15) is 11.6 Å². The quantitative estimate of drug-likeness (QED) is 0.925. The van der Waals surface area contributed by atoms with Crippen LogP contribution in [0.15, 0.2) is 24.3 Å². The van der Waals surface area contributed by atoms with E-state index in [0.717, 1.165) is 11.6 Å². The molecule has 7 heteroatoms. The summed E-state index contributed by atoms with van der Waals surface area (Å²) in [5, 5.41) is 11.2. The number of carbonyl (C=O) groups is 1. The molecule has 2 aromatic rings. The van der Waals surface area contributed by atoms with E-state index in [9.17, 15) is 9.18 Å². The van der Waals surface area contributed by atoms with Gasteiger partial charge in [-0.15, -0.1) is 10.2 Å². The highest BCUT2D eigenvalue weighted by atomic mass is 19.1. The molecule has 1 atom stereocenters. The van der Waals surface area contributed by atoms with E-state index in [1.807, 2.05) is 6.92 Å². The molecule has 2 heterocycles. The molecular weight excluding hydrogens is 297 g/mol. The third-order valence-corrected chi connectivity index (χ3v) is 4.07. The number of carbonyl (C=O) groups excluding carboxylic acids is 1. The van der Waals surface area contributed by atoms with Crippen LogP contribution < -0.4 is 5.32 Å². The first-order valence-electron chi connectivity index (χ1n) is 7.73. The van der Waals surface area contributed by atoms with Crippen molar-refractivity contribution in [3.05, 3.63) is 41.7 Å². The Balaban J connectivity index is 1.78. The molecule has 2 amide bonds. The summed E-state index contributed by atoms with van der Waals surface area (Å²) >= 11 is 0. The summed E-state index contributed by atoms with van der Waals surface area (Å²) < 4.78 is 15.3. The van der Waals surface area contributed by atoms with Gasteiger partial charge in [0.25, 0.3) is 0 Å². The molecule has 1 aromatic heterocycles. The first kappa shape index (κ1) is 15.5. The van der Waals surface area contributed by atoms with E-state index in [4.69, 9.17) is 0 Å². The lowest BCUT2D eigenvalue weighted by Gasteiger charge is -2.34. The van der Waals surface area contributed by atoms with Gasteiger partial charge in [-0.2, -0.15) is 0 Å². The summed E-state index contributed by atoms with van der Waals surface area (Å²) in [5.74, 6) is 1.64. The SMILES string of the molecule is CC(C)c1nnc2n1CCN(C(=O)Nc1cccc(F)c1)[C@H]2C. The van der Waals surface area contributed by atoms with Crippen molar-refractivity contribution < 1.29 is 9.18 Å². The first-order chi connectivity index (χ1) is 11.0. The van der Waals surface area contributed by atoms with Gasteiger partial charge in [0, 0.05) is 24.7 Å². The van der Waals surface area contributed by atoms with E-state index in [1.165, 1.54) is 12.1 Å². The topological polar surface area (TPSA) is 63.1 Å². The molecule has 3 rings (SSSR count). The average molecular weight is 317 g/mol. The Morgan fingerprint density at radius 2 is 2.13 bits per heavy atom. The van der Waals surface area contributed by atoms with Gasteiger partial charge >= 0.3 is 6.03 Å². The van der Waals surface area contributed by atoms with Crippen LogP contribution in [0.2, 0.25) is 0 Å². The maximum Gasteiger partial charge on any atom is 0.322 e. The van der Waals surface area contributed by atoms with Gasteiger partial charge in [0.15, 0.2) is 5.82 Å². The van der Waals surface area contributed by atoms with Gasteiger partial charge in [-0.05, 0) is 25.1 Å². The maximum atomic E-state index is 13.2. The highest BCUT2D eigenvalue weighted by Gasteiger charge is 2.31. The number of nitrogens with zero attached hydrogens (tertiary/aromatic N) is 4. The minimum Gasteiger partial charge on any atom is -0.313 e. The Labute approximate surface area is 134 Å². The number of aromatic nitrogens is 3. The number of amides is 2. The number of rotatable bonds is 2. The van der Waals surface area contributed by atoms with E-state index >= 15 is 0 Å². The predicted molar refractivity (Wildman–Crippen MR) is 84.7 cm³/mol. The van der Waals surface area contributed by atoms with Crippen LogP contribution in [0.4, 0.5) is 14.9 Å². The molecular formula is C16H20FN5O. The van der Waals surface area contributed by atoms with Crippen molar-refractivity contribution in [2.24, 2.45) is 0 Å². The zero-order valence-electron chi connectivity index (χ0n) is 13.5. The Morgan fingerprint density at radius 3 is 2.83 bits per heavy atom. The van der Waals surface area contributed by atoms with Crippen molar-refractivity contribution in [3.63, 3.8) is 0 Å². The molecule has 0 aliphatic carbocycles. The highest BCUT2D eigenvalue weighted by Crippen LogP contribution is 2.27. The minimum absolute atomic E-state index is 0.183. The molecule has 0 spiro atoms. The summed E-state index contributed by atoms with van der Waals surface area (Å²) in [6.07, 6.45) is 0. The third kappa shape index (κ3) is 2.91. The molecule has 0 unspecified atom stereocenters. The lowest BCUT2D eigenvalue weighted by atomic mass is 10.1. The maximum absolute atomic E-state index is 13.2. The van der Waals surface area contributed by atoms with Crippen LogP contribution in [0.3, 0.4) is 0 Å². The fourth-order valence-corrected chi connectivity index (χ4v) is 2.87. The Kier molecular flexibility index (Phi) is 4.02. The van der Waals surface area contributed by atoms with Crippen molar-refractivity contribution in [1.82, 2.24) is 19.7 Å². The molecule has 1 N–H and O–H groups in total. The normalized spacial score (nSPS) is 17.3. The Hall–Kier alpha value is -2.44. The summed E-state index contributed by atoms with van der Waals surface area (Å²) in [6, 6.07) is 5.42. The summed E-state index contributed by atoms with van der Waals surface area (Å²) in [7, 11) is 0. The van der Waals surface area contributed by atoms with Gasteiger partial charge in [0.05, 0.1) is 6.04 Å². The average Bonchev–Trinajstić information content (AvgIpc) is 2.92. The highest BCUT2D eigenvalue weighted by molar-refractivity contribution is 5.89. The second-order valence-corrected chi connectivity index (χ2v) is 6.03. The number of halogens is 1. The van der Waals surface area contributed by atoms with Crippen LogP contribution in [-0.4, -0.2) is 32.2 Å². The molecule has 0 bridgehead atoms. The minimum atomic E-state index is -0.379. The fraction of sp³-hybridized carbons (Fsp3) is 0.438. The van der Waals surface area contributed by atoms with Crippen LogP contribution in [0, 0.1) is 5.82 Å². The largest absolute Gasteiger partial charge is 0.322 e. The lowest BCUT2D eigenvalue weighted by Crippen LogP contribution is -2.43. The molecule has 0 saturated carbocycles. The molecule has 122 valence electrons. The molecule has 23 heavy (non-hydrogen) atoms. The molecule has 1 aliphatic heterocycles. The zero-order valence-corrected chi connectivity index (χ0v) is 13.5. The third-order valence-electron chi connectivity index (χ3n) is 4.07. The van der Waals surface area contributed by atoms with Gasteiger partial charge in [-0.3, -0.25) is 0 Å². The number of nitrogens with one attached hydrogen (secondary N) is 1. The van der Waals surface area contributed by atoms with Crippen LogP contribution in [0.25, 0.3) is 0 Å².